The molecule has 0 amide bonds. The highest BCUT2D eigenvalue weighted by molar-refractivity contribution is 5.38. The summed E-state index contributed by atoms with van der Waals surface area (Å²) in [5, 5.41) is 3.20. The number of hydrogen-bond donors (Lipinski definition) is 1. The van der Waals surface area contributed by atoms with Crippen LogP contribution < -0.4 is 10.1 Å². The van der Waals surface area contributed by atoms with Crippen LogP contribution in [0.5, 0.6) is 5.75 Å². The van der Waals surface area contributed by atoms with Crippen LogP contribution in [0.3, 0.4) is 0 Å². The van der Waals surface area contributed by atoms with E-state index in [4.69, 9.17) is 4.74 Å². The van der Waals surface area contributed by atoms with Crippen LogP contribution in [0.1, 0.15) is 28.7 Å². The van der Waals surface area contributed by atoms with E-state index in [0.717, 1.165) is 12.3 Å². The minimum atomic E-state index is 0.636. The van der Waals surface area contributed by atoms with Gasteiger partial charge in [0.25, 0.3) is 0 Å². The van der Waals surface area contributed by atoms with Crippen molar-refractivity contribution in [3.05, 3.63) is 64.7 Å². The number of ether oxygens (including phenoxy) is 1. The summed E-state index contributed by atoms with van der Waals surface area (Å²) in [7, 11) is 1.97. The molecule has 1 N–H and O–H groups in total. The Morgan fingerprint density at radius 3 is 2.65 bits per heavy atom. The van der Waals surface area contributed by atoms with Crippen LogP contribution in [0.25, 0.3) is 0 Å². The average Bonchev–Trinajstić information content (AvgIpc) is 2.94. The van der Waals surface area contributed by atoms with Gasteiger partial charge >= 0.3 is 0 Å². The maximum atomic E-state index is 5.98. The molecule has 20 heavy (non-hydrogen) atoms. The predicted molar refractivity (Wildman–Crippen MR) is 82.0 cm³/mol. The van der Waals surface area contributed by atoms with Crippen LogP contribution in [-0.4, -0.2) is 7.05 Å². The molecule has 0 heterocycles. The van der Waals surface area contributed by atoms with E-state index in [2.05, 4.69) is 47.8 Å². The van der Waals surface area contributed by atoms with Gasteiger partial charge < -0.3 is 10.1 Å². The van der Waals surface area contributed by atoms with Crippen LogP contribution in [0.2, 0.25) is 0 Å². The monoisotopic (exact) mass is 267 g/mol. The van der Waals surface area contributed by atoms with Crippen molar-refractivity contribution in [3.8, 4) is 5.75 Å². The minimum absolute atomic E-state index is 0.636. The molecule has 1 aliphatic rings. The summed E-state index contributed by atoms with van der Waals surface area (Å²) in [5.74, 6) is 0.991. The molecule has 0 saturated heterocycles. The van der Waals surface area contributed by atoms with E-state index in [1.807, 2.05) is 7.05 Å². The Kier molecular flexibility index (Phi) is 4.03. The Bertz CT molecular complexity index is 592. The molecule has 0 radical (unpaired) electrons. The van der Waals surface area contributed by atoms with Crippen LogP contribution in [-0.2, 0) is 26.0 Å². The van der Waals surface area contributed by atoms with E-state index in [1.54, 1.807) is 0 Å². The Balaban J connectivity index is 1.70. The second kappa shape index (κ2) is 6.10. The lowest BCUT2D eigenvalue weighted by atomic mass is 10.1. The number of fused-ring (bicyclic) bond motifs is 1. The second-order valence-corrected chi connectivity index (χ2v) is 5.37. The molecule has 0 saturated carbocycles. The standard InChI is InChI=1S/C18H21NO/c1-19-12-16-5-2-3-6-17(16)13-20-18-10-9-14-7-4-8-15(14)11-18/h2-3,5-6,9-11,19H,4,7-8,12-13H2,1H3. The third-order valence-corrected chi connectivity index (χ3v) is 3.95. The van der Waals surface area contributed by atoms with Crippen molar-refractivity contribution >= 4 is 0 Å². The smallest absolute Gasteiger partial charge is 0.120 e. The average molecular weight is 267 g/mol. The summed E-state index contributed by atoms with van der Waals surface area (Å²) in [6.45, 7) is 1.51. The first-order valence-electron chi connectivity index (χ1n) is 7.33. The second-order valence-electron chi connectivity index (χ2n) is 5.37. The molecular weight excluding hydrogens is 246 g/mol. The molecule has 2 nitrogen and oxygen atoms in total. The largest absolute Gasteiger partial charge is 0.489 e. The highest BCUT2D eigenvalue weighted by Gasteiger charge is 2.11. The van der Waals surface area contributed by atoms with Crippen molar-refractivity contribution in [1.82, 2.24) is 5.32 Å². The first kappa shape index (κ1) is 13.2. The molecule has 0 bridgehead atoms. The zero-order valence-electron chi connectivity index (χ0n) is 12.0. The van der Waals surface area contributed by atoms with E-state index in [9.17, 15) is 0 Å². The number of aryl methyl sites for hydroxylation is 2. The molecule has 0 aliphatic heterocycles. The maximum Gasteiger partial charge on any atom is 0.120 e. The fourth-order valence-electron chi connectivity index (χ4n) is 2.86. The summed E-state index contributed by atoms with van der Waals surface area (Å²) in [6, 6.07) is 15.0. The quantitative estimate of drug-likeness (QED) is 0.895. The van der Waals surface area contributed by atoms with Crippen molar-refractivity contribution in [2.75, 3.05) is 7.05 Å². The number of benzene rings is 2. The zero-order valence-corrected chi connectivity index (χ0v) is 12.0. The van der Waals surface area contributed by atoms with E-state index < -0.39 is 0 Å². The lowest BCUT2D eigenvalue weighted by Crippen LogP contribution is -2.09. The SMILES string of the molecule is CNCc1ccccc1COc1ccc2c(c1)CCC2. The summed E-state index contributed by atoms with van der Waals surface area (Å²) in [4.78, 5) is 0. The van der Waals surface area contributed by atoms with E-state index in [0.29, 0.717) is 6.61 Å². The first-order valence-corrected chi connectivity index (χ1v) is 7.33. The lowest BCUT2D eigenvalue weighted by molar-refractivity contribution is 0.304. The molecule has 0 spiro atoms. The molecule has 2 aromatic carbocycles. The number of rotatable bonds is 5. The molecule has 3 rings (SSSR count). The van der Waals surface area contributed by atoms with E-state index in [-0.39, 0.29) is 0 Å². The molecule has 1 aliphatic carbocycles. The van der Waals surface area contributed by atoms with Crippen molar-refractivity contribution in [3.63, 3.8) is 0 Å². The highest BCUT2D eigenvalue weighted by atomic mass is 16.5. The summed E-state index contributed by atoms with van der Waals surface area (Å²) >= 11 is 0. The molecule has 0 atom stereocenters. The Labute approximate surface area is 120 Å². The summed E-state index contributed by atoms with van der Waals surface area (Å²) < 4.78 is 5.98. The van der Waals surface area contributed by atoms with Crippen LogP contribution in [0, 0.1) is 0 Å². The van der Waals surface area contributed by atoms with Gasteiger partial charge in [0.2, 0.25) is 0 Å². The molecule has 0 unspecified atom stereocenters. The molecule has 2 aromatic rings. The molecule has 104 valence electrons. The summed E-state index contributed by atoms with van der Waals surface area (Å²) in [6.07, 6.45) is 3.70. The Morgan fingerprint density at radius 1 is 1.00 bits per heavy atom. The summed E-state index contributed by atoms with van der Waals surface area (Å²) in [5.41, 5.74) is 5.51. The van der Waals surface area contributed by atoms with Crippen molar-refractivity contribution in [2.45, 2.75) is 32.4 Å². The van der Waals surface area contributed by atoms with Gasteiger partial charge in [-0.15, -0.1) is 0 Å². The number of nitrogens with one attached hydrogen (secondary N) is 1. The van der Waals surface area contributed by atoms with Gasteiger partial charge in [-0.05, 0) is 60.7 Å². The maximum absolute atomic E-state index is 5.98. The minimum Gasteiger partial charge on any atom is -0.489 e. The Hall–Kier alpha value is -1.80. The third kappa shape index (κ3) is 2.86. The van der Waals surface area contributed by atoms with Crippen LogP contribution in [0.15, 0.2) is 42.5 Å². The van der Waals surface area contributed by atoms with Gasteiger partial charge in [0.15, 0.2) is 0 Å². The van der Waals surface area contributed by atoms with Gasteiger partial charge in [-0.3, -0.25) is 0 Å². The fraction of sp³-hybridized carbons (Fsp3) is 0.333. The highest BCUT2D eigenvalue weighted by Crippen LogP contribution is 2.26. The number of hydrogen-bond acceptors (Lipinski definition) is 2. The van der Waals surface area contributed by atoms with Gasteiger partial charge in [0, 0.05) is 6.54 Å². The van der Waals surface area contributed by atoms with Gasteiger partial charge in [0.1, 0.15) is 12.4 Å². The van der Waals surface area contributed by atoms with Gasteiger partial charge in [0.05, 0.1) is 0 Å². The first-order chi connectivity index (χ1) is 9.86. The molecular formula is C18H21NO. The van der Waals surface area contributed by atoms with Crippen molar-refractivity contribution < 1.29 is 4.74 Å². The normalized spacial score (nSPS) is 13.2. The van der Waals surface area contributed by atoms with E-state index >= 15 is 0 Å². The van der Waals surface area contributed by atoms with Gasteiger partial charge in [-0.1, -0.05) is 30.3 Å². The molecule has 2 heteroatoms. The van der Waals surface area contributed by atoms with Gasteiger partial charge in [-0.25, -0.2) is 0 Å². The van der Waals surface area contributed by atoms with Gasteiger partial charge in [-0.2, -0.15) is 0 Å². The van der Waals surface area contributed by atoms with Crippen molar-refractivity contribution in [1.29, 1.82) is 0 Å². The zero-order chi connectivity index (χ0) is 13.8. The molecule has 0 fully saturated rings. The predicted octanol–water partition coefficient (Wildman–Crippen LogP) is 3.47. The topological polar surface area (TPSA) is 21.3 Å². The molecule has 0 aromatic heterocycles. The third-order valence-electron chi connectivity index (χ3n) is 3.95. The van der Waals surface area contributed by atoms with E-state index in [1.165, 1.54) is 41.5 Å². The van der Waals surface area contributed by atoms with Crippen molar-refractivity contribution in [2.24, 2.45) is 0 Å². The van der Waals surface area contributed by atoms with Crippen LogP contribution >= 0.6 is 0 Å². The van der Waals surface area contributed by atoms with Crippen LogP contribution in [0.4, 0.5) is 0 Å². The lowest BCUT2D eigenvalue weighted by Gasteiger charge is -2.11. The fourth-order valence-corrected chi connectivity index (χ4v) is 2.86. The Morgan fingerprint density at radius 2 is 1.80 bits per heavy atom.